The Morgan fingerprint density at radius 2 is 2.05 bits per heavy atom. The van der Waals surface area contributed by atoms with E-state index < -0.39 is 0 Å². The Balaban J connectivity index is 2.34. The van der Waals surface area contributed by atoms with E-state index >= 15 is 0 Å². The third kappa shape index (κ3) is 2.81. The van der Waals surface area contributed by atoms with Crippen molar-refractivity contribution < 1.29 is 0 Å². The molecule has 1 N–H and O–H groups in total. The molecule has 2 heterocycles. The summed E-state index contributed by atoms with van der Waals surface area (Å²) < 4.78 is 1.89. The Bertz CT molecular complexity index is 529. The molecule has 0 saturated carbocycles. The average Bonchev–Trinajstić information content (AvgIpc) is 2.90. The molecule has 1 atom stereocenters. The number of aromatic nitrogens is 4. The minimum atomic E-state index is 0.252. The fraction of sp³-hybridized carbons (Fsp3) is 0.500. The normalized spacial score (nSPS) is 12.6. The highest BCUT2D eigenvalue weighted by Gasteiger charge is 2.10. The van der Waals surface area contributed by atoms with E-state index in [1.165, 1.54) is 0 Å². The molecule has 0 saturated heterocycles. The molecule has 102 valence electrons. The first-order valence-corrected chi connectivity index (χ1v) is 6.78. The quantitative estimate of drug-likeness (QED) is 0.893. The van der Waals surface area contributed by atoms with Gasteiger partial charge in [-0.3, -0.25) is 4.98 Å². The smallest absolute Gasteiger partial charge is 0.151 e. The maximum Gasteiger partial charge on any atom is 0.151 e. The monoisotopic (exact) mass is 259 g/mol. The average molecular weight is 259 g/mol. The summed E-state index contributed by atoms with van der Waals surface area (Å²) in [5.74, 6) is 1.86. The molecular formula is C14H21N5. The molecule has 0 amide bonds. The van der Waals surface area contributed by atoms with Crippen molar-refractivity contribution in [3.05, 3.63) is 35.7 Å². The lowest BCUT2D eigenvalue weighted by Gasteiger charge is -2.10. The zero-order valence-corrected chi connectivity index (χ0v) is 12.0. The standard InChI is InChI=1S/C14H21N5/c1-5-13-17-14(6-2)19(18-13)11-7-8-12(16-9-11)10(3)15-4/h7-10,15H,5-6H2,1-4H3. The molecule has 19 heavy (non-hydrogen) atoms. The van der Waals surface area contributed by atoms with Crippen LogP contribution in [0.3, 0.4) is 0 Å². The highest BCUT2D eigenvalue weighted by molar-refractivity contribution is 5.30. The van der Waals surface area contributed by atoms with Crippen molar-refractivity contribution in [1.29, 1.82) is 0 Å². The van der Waals surface area contributed by atoms with Gasteiger partial charge in [-0.2, -0.15) is 5.10 Å². The van der Waals surface area contributed by atoms with Gasteiger partial charge in [0.25, 0.3) is 0 Å². The lowest BCUT2D eigenvalue weighted by molar-refractivity contribution is 0.631. The second-order valence-electron chi connectivity index (χ2n) is 4.51. The van der Waals surface area contributed by atoms with Gasteiger partial charge in [0, 0.05) is 18.9 Å². The van der Waals surface area contributed by atoms with Gasteiger partial charge in [-0.25, -0.2) is 9.67 Å². The molecule has 0 aliphatic heterocycles. The molecule has 0 aliphatic carbocycles. The zero-order valence-electron chi connectivity index (χ0n) is 12.0. The maximum absolute atomic E-state index is 4.51. The molecule has 0 bridgehead atoms. The van der Waals surface area contributed by atoms with Crippen LogP contribution in [0, 0.1) is 0 Å². The molecule has 5 nitrogen and oxygen atoms in total. The van der Waals surface area contributed by atoms with Gasteiger partial charge >= 0.3 is 0 Å². The molecule has 0 spiro atoms. The summed E-state index contributed by atoms with van der Waals surface area (Å²) >= 11 is 0. The number of aryl methyl sites for hydroxylation is 2. The predicted molar refractivity (Wildman–Crippen MR) is 75.4 cm³/mol. The van der Waals surface area contributed by atoms with Gasteiger partial charge in [0.15, 0.2) is 5.82 Å². The fourth-order valence-electron chi connectivity index (χ4n) is 1.90. The van der Waals surface area contributed by atoms with Gasteiger partial charge in [-0.05, 0) is 26.1 Å². The molecule has 2 aromatic heterocycles. The highest BCUT2D eigenvalue weighted by atomic mass is 15.4. The van der Waals surface area contributed by atoms with Crippen molar-refractivity contribution in [3.8, 4) is 5.69 Å². The van der Waals surface area contributed by atoms with Crippen molar-refractivity contribution in [2.45, 2.75) is 39.7 Å². The summed E-state index contributed by atoms with van der Waals surface area (Å²) in [6.45, 7) is 6.24. The lowest BCUT2D eigenvalue weighted by Crippen LogP contribution is -2.14. The van der Waals surface area contributed by atoms with Crippen LogP contribution in [0.25, 0.3) is 5.69 Å². The summed E-state index contributed by atoms with van der Waals surface area (Å²) in [5.41, 5.74) is 2.00. The van der Waals surface area contributed by atoms with Gasteiger partial charge in [-0.15, -0.1) is 0 Å². The molecule has 0 aromatic carbocycles. The van der Waals surface area contributed by atoms with Crippen molar-refractivity contribution in [1.82, 2.24) is 25.1 Å². The van der Waals surface area contributed by atoms with Crippen LogP contribution in [0.1, 0.15) is 44.2 Å². The van der Waals surface area contributed by atoms with Gasteiger partial charge in [0.05, 0.1) is 17.6 Å². The number of pyridine rings is 1. The first kappa shape index (κ1) is 13.7. The number of hydrogen-bond acceptors (Lipinski definition) is 4. The van der Waals surface area contributed by atoms with Gasteiger partial charge in [-0.1, -0.05) is 13.8 Å². The number of hydrogen-bond donors (Lipinski definition) is 1. The SMILES string of the molecule is CCc1nc(CC)n(-c2ccc(C(C)NC)nc2)n1. The molecular weight excluding hydrogens is 238 g/mol. The molecule has 1 unspecified atom stereocenters. The molecule has 2 rings (SSSR count). The van der Waals surface area contributed by atoms with Crippen LogP contribution >= 0.6 is 0 Å². The third-order valence-corrected chi connectivity index (χ3v) is 3.24. The van der Waals surface area contributed by atoms with Gasteiger partial charge in [0.1, 0.15) is 5.82 Å². The Hall–Kier alpha value is -1.75. The Morgan fingerprint density at radius 3 is 2.58 bits per heavy atom. The largest absolute Gasteiger partial charge is 0.312 e. The van der Waals surface area contributed by atoms with Crippen molar-refractivity contribution in [2.24, 2.45) is 0 Å². The number of nitrogens with one attached hydrogen (secondary N) is 1. The van der Waals surface area contributed by atoms with Crippen LogP contribution < -0.4 is 5.32 Å². The van der Waals surface area contributed by atoms with Crippen LogP contribution in [0.15, 0.2) is 18.3 Å². The molecule has 0 fully saturated rings. The van der Waals surface area contributed by atoms with E-state index in [1.54, 1.807) is 0 Å². The summed E-state index contributed by atoms with van der Waals surface area (Å²) in [5, 5.41) is 7.69. The van der Waals surface area contributed by atoms with Crippen LogP contribution in [0.5, 0.6) is 0 Å². The van der Waals surface area contributed by atoms with Gasteiger partial charge in [0.2, 0.25) is 0 Å². The summed E-state index contributed by atoms with van der Waals surface area (Å²) in [4.78, 5) is 8.99. The van der Waals surface area contributed by atoms with Crippen LogP contribution in [0.4, 0.5) is 0 Å². The maximum atomic E-state index is 4.51. The first-order valence-electron chi connectivity index (χ1n) is 6.78. The summed E-state index contributed by atoms with van der Waals surface area (Å²) in [6, 6.07) is 4.33. The van der Waals surface area contributed by atoms with Crippen molar-refractivity contribution in [3.63, 3.8) is 0 Å². The van der Waals surface area contributed by atoms with Crippen LogP contribution in [-0.2, 0) is 12.8 Å². The summed E-state index contributed by atoms with van der Waals surface area (Å²) in [6.07, 6.45) is 3.57. The molecule has 5 heteroatoms. The van der Waals surface area contributed by atoms with E-state index in [0.717, 1.165) is 35.9 Å². The second kappa shape index (κ2) is 5.93. The van der Waals surface area contributed by atoms with Crippen molar-refractivity contribution >= 4 is 0 Å². The van der Waals surface area contributed by atoms with E-state index in [1.807, 2.05) is 30.1 Å². The van der Waals surface area contributed by atoms with Crippen LogP contribution in [-0.4, -0.2) is 26.8 Å². The topological polar surface area (TPSA) is 55.6 Å². The number of rotatable bonds is 5. The van der Waals surface area contributed by atoms with E-state index in [4.69, 9.17) is 0 Å². The van der Waals surface area contributed by atoms with E-state index in [2.05, 4.69) is 41.2 Å². The molecule has 0 aliphatic rings. The second-order valence-corrected chi connectivity index (χ2v) is 4.51. The van der Waals surface area contributed by atoms with E-state index in [9.17, 15) is 0 Å². The van der Waals surface area contributed by atoms with Crippen molar-refractivity contribution in [2.75, 3.05) is 7.05 Å². The number of nitrogens with zero attached hydrogens (tertiary/aromatic N) is 4. The molecule has 2 aromatic rings. The third-order valence-electron chi connectivity index (χ3n) is 3.24. The fourth-order valence-corrected chi connectivity index (χ4v) is 1.90. The minimum Gasteiger partial charge on any atom is -0.312 e. The van der Waals surface area contributed by atoms with Crippen LogP contribution in [0.2, 0.25) is 0 Å². The highest BCUT2D eigenvalue weighted by Crippen LogP contribution is 2.14. The Kier molecular flexibility index (Phi) is 4.27. The minimum absolute atomic E-state index is 0.252. The molecule has 0 radical (unpaired) electrons. The lowest BCUT2D eigenvalue weighted by atomic mass is 10.2. The summed E-state index contributed by atoms with van der Waals surface area (Å²) in [7, 11) is 1.93. The Morgan fingerprint density at radius 1 is 1.26 bits per heavy atom. The van der Waals surface area contributed by atoms with Gasteiger partial charge < -0.3 is 5.32 Å². The zero-order chi connectivity index (χ0) is 13.8. The Labute approximate surface area is 114 Å². The van der Waals surface area contributed by atoms with E-state index in [0.29, 0.717) is 0 Å². The van der Waals surface area contributed by atoms with E-state index in [-0.39, 0.29) is 6.04 Å². The predicted octanol–water partition coefficient (Wildman–Crippen LogP) is 2.07. The first-order chi connectivity index (χ1) is 9.19.